The van der Waals surface area contributed by atoms with E-state index in [0.717, 1.165) is 22.5 Å². The van der Waals surface area contributed by atoms with Crippen LogP contribution >= 0.6 is 11.8 Å². The first-order valence-electron chi connectivity index (χ1n) is 9.11. The summed E-state index contributed by atoms with van der Waals surface area (Å²) in [5.74, 6) is 5.10. The molecule has 14 heteroatoms. The number of halogens is 5. The third kappa shape index (κ3) is 6.97. The summed E-state index contributed by atoms with van der Waals surface area (Å²) >= 11 is 0.949. The Morgan fingerprint density at radius 2 is 1.82 bits per heavy atom. The number of para-hydroxylation sites is 1. The van der Waals surface area contributed by atoms with Crippen LogP contribution in [0.1, 0.15) is 5.56 Å². The number of hydrogen-bond donors (Lipinski definition) is 2. The van der Waals surface area contributed by atoms with Gasteiger partial charge in [0.2, 0.25) is 11.1 Å². The normalized spacial score (nSPS) is 11.5. The number of alkyl halides is 5. The van der Waals surface area contributed by atoms with Crippen molar-refractivity contribution in [3.63, 3.8) is 0 Å². The summed E-state index contributed by atoms with van der Waals surface area (Å²) in [5.41, 5.74) is 0.626. The summed E-state index contributed by atoms with van der Waals surface area (Å²) in [6, 6.07) is 11.0. The lowest BCUT2D eigenvalue weighted by molar-refractivity contribution is -0.274. The van der Waals surface area contributed by atoms with Gasteiger partial charge in [0.25, 0.3) is 0 Å². The molecular formula is C19H16F5N5O3S. The molecule has 176 valence electrons. The van der Waals surface area contributed by atoms with Gasteiger partial charge < -0.3 is 20.6 Å². The zero-order valence-corrected chi connectivity index (χ0v) is 17.4. The van der Waals surface area contributed by atoms with Gasteiger partial charge in [-0.25, -0.2) is 4.68 Å². The largest absolute Gasteiger partial charge is 0.573 e. The summed E-state index contributed by atoms with van der Waals surface area (Å²) in [6.07, 6.45) is -4.85. The van der Waals surface area contributed by atoms with Gasteiger partial charge in [-0.05, 0) is 30.3 Å². The Morgan fingerprint density at radius 3 is 2.48 bits per heavy atom. The van der Waals surface area contributed by atoms with Crippen LogP contribution < -0.4 is 20.6 Å². The van der Waals surface area contributed by atoms with Crippen LogP contribution in [0, 0.1) is 0 Å². The molecule has 8 nitrogen and oxygen atoms in total. The average molecular weight is 489 g/mol. The molecule has 0 bridgehead atoms. The number of thioether (sulfide) groups is 1. The summed E-state index contributed by atoms with van der Waals surface area (Å²) in [6.45, 7) is -3.13. The van der Waals surface area contributed by atoms with E-state index < -0.39 is 24.6 Å². The van der Waals surface area contributed by atoms with Crippen LogP contribution in [-0.2, 0) is 11.3 Å². The van der Waals surface area contributed by atoms with Crippen LogP contribution in [0.2, 0.25) is 0 Å². The van der Waals surface area contributed by atoms with E-state index in [0.29, 0.717) is 5.56 Å². The SMILES string of the molecule is Nn1c(SCC(=O)NCc2ccccc2OC(F)(F)F)nnc1-c1ccc(OC(F)F)cc1. The third-order valence-corrected chi connectivity index (χ3v) is 4.95. The highest BCUT2D eigenvalue weighted by molar-refractivity contribution is 7.99. The summed E-state index contributed by atoms with van der Waals surface area (Å²) in [4.78, 5) is 12.1. The smallest absolute Gasteiger partial charge is 0.435 e. The van der Waals surface area contributed by atoms with E-state index in [1.807, 2.05) is 0 Å². The number of amides is 1. The number of nitrogen functional groups attached to an aromatic ring is 1. The minimum atomic E-state index is -4.85. The molecule has 1 heterocycles. The minimum Gasteiger partial charge on any atom is -0.435 e. The number of carbonyl (C=O) groups excluding carboxylic acids is 1. The Bertz CT molecular complexity index is 1090. The lowest BCUT2D eigenvalue weighted by Crippen LogP contribution is -2.26. The molecule has 0 unspecified atom stereocenters. The molecule has 0 aliphatic heterocycles. The molecule has 1 amide bonds. The van der Waals surface area contributed by atoms with E-state index in [-0.39, 0.29) is 34.6 Å². The van der Waals surface area contributed by atoms with E-state index in [9.17, 15) is 26.7 Å². The molecule has 2 aromatic carbocycles. The molecule has 0 spiro atoms. The summed E-state index contributed by atoms with van der Waals surface area (Å²) < 4.78 is 71.3. The summed E-state index contributed by atoms with van der Waals surface area (Å²) in [7, 11) is 0. The molecule has 3 N–H and O–H groups in total. The van der Waals surface area contributed by atoms with Crippen LogP contribution in [0.3, 0.4) is 0 Å². The Morgan fingerprint density at radius 1 is 1.12 bits per heavy atom. The van der Waals surface area contributed by atoms with Crippen molar-refractivity contribution < 1.29 is 36.2 Å². The number of nitrogens with two attached hydrogens (primary N) is 1. The maximum Gasteiger partial charge on any atom is 0.573 e. The van der Waals surface area contributed by atoms with Gasteiger partial charge in [-0.2, -0.15) is 8.78 Å². The Kier molecular flexibility index (Phi) is 7.58. The van der Waals surface area contributed by atoms with Crippen LogP contribution in [0.15, 0.2) is 53.7 Å². The van der Waals surface area contributed by atoms with Gasteiger partial charge in [0.1, 0.15) is 11.5 Å². The first-order valence-corrected chi connectivity index (χ1v) is 10.1. The second kappa shape index (κ2) is 10.4. The first kappa shape index (κ1) is 24.1. The van der Waals surface area contributed by atoms with E-state index >= 15 is 0 Å². The molecule has 33 heavy (non-hydrogen) atoms. The molecule has 0 fully saturated rings. The topological polar surface area (TPSA) is 104 Å². The molecule has 0 radical (unpaired) electrons. The number of carbonyl (C=O) groups is 1. The van der Waals surface area contributed by atoms with Crippen molar-refractivity contribution >= 4 is 17.7 Å². The lowest BCUT2D eigenvalue weighted by Gasteiger charge is -2.13. The number of ether oxygens (including phenoxy) is 2. The monoisotopic (exact) mass is 489 g/mol. The molecule has 0 aliphatic carbocycles. The Balaban J connectivity index is 1.56. The van der Waals surface area contributed by atoms with Gasteiger partial charge in [0.05, 0.1) is 5.75 Å². The molecule has 0 atom stereocenters. The lowest BCUT2D eigenvalue weighted by atomic mass is 10.2. The van der Waals surface area contributed by atoms with Crippen LogP contribution in [0.4, 0.5) is 22.0 Å². The fourth-order valence-electron chi connectivity index (χ4n) is 2.61. The van der Waals surface area contributed by atoms with Crippen molar-refractivity contribution in [1.29, 1.82) is 0 Å². The Hall–Kier alpha value is -3.55. The minimum absolute atomic E-state index is 0.0367. The van der Waals surface area contributed by atoms with Crippen molar-refractivity contribution in [2.45, 2.75) is 24.7 Å². The number of benzene rings is 2. The highest BCUT2D eigenvalue weighted by Crippen LogP contribution is 2.27. The van der Waals surface area contributed by atoms with Crippen molar-refractivity contribution in [2.24, 2.45) is 0 Å². The second-order valence-corrected chi connectivity index (χ2v) is 7.24. The predicted octanol–water partition coefficient (Wildman–Crippen LogP) is 3.57. The predicted molar refractivity (Wildman–Crippen MR) is 108 cm³/mol. The number of aromatic nitrogens is 3. The average Bonchev–Trinajstić information content (AvgIpc) is 3.11. The van der Waals surface area contributed by atoms with Crippen molar-refractivity contribution in [1.82, 2.24) is 20.2 Å². The van der Waals surface area contributed by atoms with Crippen LogP contribution in [0.25, 0.3) is 11.4 Å². The first-order chi connectivity index (χ1) is 15.6. The van der Waals surface area contributed by atoms with Crippen LogP contribution in [0.5, 0.6) is 11.5 Å². The van der Waals surface area contributed by atoms with E-state index in [2.05, 4.69) is 25.0 Å². The third-order valence-electron chi connectivity index (χ3n) is 4.01. The number of nitrogens with one attached hydrogen (secondary N) is 1. The standard InChI is InChI=1S/C19H16F5N5O3S/c20-17(21)31-13-7-5-11(6-8-13)16-27-28-18(29(16)25)33-10-15(30)26-9-12-3-1-2-4-14(12)32-19(22,23)24/h1-8,17H,9-10,25H2,(H,26,30). The quantitative estimate of drug-likeness (QED) is 0.269. The molecule has 0 saturated carbocycles. The van der Waals surface area contributed by atoms with Gasteiger partial charge in [0.15, 0.2) is 5.82 Å². The number of nitrogens with zero attached hydrogens (tertiary/aromatic N) is 3. The van der Waals surface area contributed by atoms with E-state index in [1.165, 1.54) is 42.5 Å². The van der Waals surface area contributed by atoms with E-state index in [4.69, 9.17) is 5.84 Å². The zero-order valence-electron chi connectivity index (χ0n) is 16.6. The van der Waals surface area contributed by atoms with Gasteiger partial charge in [0, 0.05) is 17.7 Å². The number of rotatable bonds is 9. The molecule has 0 aliphatic rings. The van der Waals surface area contributed by atoms with Crippen molar-refractivity contribution in [2.75, 3.05) is 11.6 Å². The van der Waals surface area contributed by atoms with Crippen molar-refractivity contribution in [3.8, 4) is 22.9 Å². The van der Waals surface area contributed by atoms with E-state index in [1.54, 1.807) is 0 Å². The molecular weight excluding hydrogens is 473 g/mol. The van der Waals surface area contributed by atoms with Crippen molar-refractivity contribution in [3.05, 3.63) is 54.1 Å². The van der Waals surface area contributed by atoms with Gasteiger partial charge in [-0.3, -0.25) is 4.79 Å². The molecule has 0 saturated heterocycles. The zero-order chi connectivity index (χ0) is 24.0. The maximum atomic E-state index is 12.5. The van der Waals surface area contributed by atoms with Gasteiger partial charge in [-0.1, -0.05) is 30.0 Å². The van der Waals surface area contributed by atoms with Gasteiger partial charge >= 0.3 is 13.0 Å². The fourth-order valence-corrected chi connectivity index (χ4v) is 3.29. The Labute approximate surface area is 187 Å². The molecule has 3 rings (SSSR count). The molecule has 1 aromatic heterocycles. The highest BCUT2D eigenvalue weighted by Gasteiger charge is 2.32. The summed E-state index contributed by atoms with van der Waals surface area (Å²) in [5, 5.41) is 10.5. The second-order valence-electron chi connectivity index (χ2n) is 6.30. The number of hydrogen-bond acceptors (Lipinski definition) is 7. The fraction of sp³-hybridized carbons (Fsp3) is 0.211. The highest BCUT2D eigenvalue weighted by atomic mass is 32.2. The molecule has 3 aromatic rings. The van der Waals surface area contributed by atoms with Gasteiger partial charge in [-0.15, -0.1) is 23.4 Å². The maximum absolute atomic E-state index is 12.5. The van der Waals surface area contributed by atoms with Crippen LogP contribution in [-0.4, -0.2) is 39.5 Å².